The van der Waals surface area contributed by atoms with Crippen molar-refractivity contribution >= 4 is 39.0 Å². The second kappa shape index (κ2) is 4.57. The SMILES string of the molecule is Cc1ccc(S(=O)(=O)[C@@H]2OC(=O)C(Cl)=C2Cl)cc1. The molecule has 1 aliphatic heterocycles. The number of sulfone groups is 1. The Balaban J connectivity index is 2.45. The number of carbonyl (C=O) groups excluding carboxylic acids is 1. The van der Waals surface area contributed by atoms with Crippen LogP contribution in [0.25, 0.3) is 0 Å². The van der Waals surface area contributed by atoms with E-state index in [2.05, 4.69) is 4.74 Å². The molecule has 0 bridgehead atoms. The fraction of sp³-hybridized carbons (Fsp3) is 0.182. The van der Waals surface area contributed by atoms with Crippen molar-refractivity contribution in [2.45, 2.75) is 17.3 Å². The Kier molecular flexibility index (Phi) is 3.40. The predicted octanol–water partition coefficient (Wildman–Crippen LogP) is 2.34. The van der Waals surface area contributed by atoms with Gasteiger partial charge in [0.2, 0.25) is 15.3 Å². The van der Waals surface area contributed by atoms with E-state index >= 15 is 0 Å². The standard InChI is InChI=1S/C11H8Cl2O4S/c1-6-2-4-7(5-3-6)18(15,16)11-9(13)8(12)10(14)17-11/h2-5,11H,1H3/t11-/m0/s1. The lowest BCUT2D eigenvalue weighted by Gasteiger charge is -2.11. The lowest BCUT2D eigenvalue weighted by atomic mass is 10.2. The second-order valence-electron chi connectivity index (χ2n) is 3.76. The molecule has 0 radical (unpaired) electrons. The number of rotatable bonds is 2. The van der Waals surface area contributed by atoms with Gasteiger partial charge < -0.3 is 4.74 Å². The Morgan fingerprint density at radius 3 is 2.17 bits per heavy atom. The maximum Gasteiger partial charge on any atom is 0.352 e. The van der Waals surface area contributed by atoms with Gasteiger partial charge in [-0.1, -0.05) is 40.9 Å². The Morgan fingerprint density at radius 2 is 1.72 bits per heavy atom. The average molecular weight is 307 g/mol. The molecule has 0 saturated carbocycles. The first-order chi connectivity index (χ1) is 8.34. The van der Waals surface area contributed by atoms with E-state index in [-0.39, 0.29) is 9.93 Å². The molecule has 1 aliphatic rings. The number of esters is 1. The highest BCUT2D eigenvalue weighted by molar-refractivity contribution is 7.92. The molecule has 2 rings (SSSR count). The molecular weight excluding hydrogens is 299 g/mol. The first-order valence-corrected chi connectivity index (χ1v) is 7.21. The zero-order chi connectivity index (χ0) is 13.5. The van der Waals surface area contributed by atoms with Crippen molar-refractivity contribution in [1.82, 2.24) is 0 Å². The lowest BCUT2D eigenvalue weighted by Crippen LogP contribution is -2.22. The van der Waals surface area contributed by atoms with Gasteiger partial charge in [-0.3, -0.25) is 0 Å². The Morgan fingerprint density at radius 1 is 1.17 bits per heavy atom. The van der Waals surface area contributed by atoms with E-state index < -0.39 is 26.3 Å². The van der Waals surface area contributed by atoms with Crippen molar-refractivity contribution in [3.63, 3.8) is 0 Å². The van der Waals surface area contributed by atoms with Gasteiger partial charge in [0.1, 0.15) is 10.1 Å². The van der Waals surface area contributed by atoms with Gasteiger partial charge in [0.15, 0.2) is 0 Å². The molecule has 18 heavy (non-hydrogen) atoms. The molecule has 0 saturated heterocycles. The van der Waals surface area contributed by atoms with Crippen LogP contribution in [0.15, 0.2) is 39.2 Å². The summed E-state index contributed by atoms with van der Waals surface area (Å²) in [6.07, 6.45) is 0. The van der Waals surface area contributed by atoms with Crippen molar-refractivity contribution in [3.8, 4) is 0 Å². The van der Waals surface area contributed by atoms with E-state index in [1.54, 1.807) is 12.1 Å². The van der Waals surface area contributed by atoms with Gasteiger partial charge in [-0.05, 0) is 19.1 Å². The summed E-state index contributed by atoms with van der Waals surface area (Å²) < 4.78 is 29.1. The number of ether oxygens (including phenoxy) is 1. The summed E-state index contributed by atoms with van der Waals surface area (Å²) >= 11 is 11.2. The Hall–Kier alpha value is -1.04. The summed E-state index contributed by atoms with van der Waals surface area (Å²) in [5.41, 5.74) is -0.640. The number of benzene rings is 1. The maximum absolute atomic E-state index is 12.2. The summed E-state index contributed by atoms with van der Waals surface area (Å²) in [4.78, 5) is 11.2. The van der Waals surface area contributed by atoms with E-state index in [0.29, 0.717) is 0 Å². The Labute approximate surface area is 114 Å². The minimum atomic E-state index is -3.89. The maximum atomic E-state index is 12.2. The van der Waals surface area contributed by atoms with Gasteiger partial charge in [0.05, 0.1) is 4.90 Å². The first-order valence-electron chi connectivity index (χ1n) is 4.91. The normalized spacial score (nSPS) is 20.2. The van der Waals surface area contributed by atoms with Crippen LogP contribution in [0, 0.1) is 6.92 Å². The van der Waals surface area contributed by atoms with Gasteiger partial charge in [-0.2, -0.15) is 0 Å². The third kappa shape index (κ3) is 2.13. The van der Waals surface area contributed by atoms with Crippen molar-refractivity contribution in [2.75, 3.05) is 0 Å². The number of aryl methyl sites for hydroxylation is 1. The van der Waals surface area contributed by atoms with Gasteiger partial charge in [0, 0.05) is 0 Å². The number of hydrogen-bond donors (Lipinski definition) is 0. The smallest absolute Gasteiger partial charge is 0.352 e. The van der Waals surface area contributed by atoms with E-state index in [9.17, 15) is 13.2 Å². The molecule has 1 atom stereocenters. The quantitative estimate of drug-likeness (QED) is 0.787. The molecule has 1 aromatic rings. The molecule has 0 fully saturated rings. The third-order valence-electron chi connectivity index (χ3n) is 2.44. The zero-order valence-electron chi connectivity index (χ0n) is 9.18. The third-order valence-corrected chi connectivity index (χ3v) is 5.24. The zero-order valence-corrected chi connectivity index (χ0v) is 11.5. The summed E-state index contributed by atoms with van der Waals surface area (Å²) in [5.74, 6) is -0.928. The number of hydrogen-bond acceptors (Lipinski definition) is 4. The number of cyclic esters (lactones) is 1. The van der Waals surface area contributed by atoms with Crippen molar-refractivity contribution in [3.05, 3.63) is 39.9 Å². The van der Waals surface area contributed by atoms with Crippen molar-refractivity contribution in [1.29, 1.82) is 0 Å². The van der Waals surface area contributed by atoms with E-state index in [0.717, 1.165) is 5.56 Å². The summed E-state index contributed by atoms with van der Waals surface area (Å²) in [5, 5.41) is -0.695. The van der Waals surface area contributed by atoms with Crippen LogP contribution in [0.3, 0.4) is 0 Å². The molecule has 96 valence electrons. The van der Waals surface area contributed by atoms with Crippen LogP contribution in [0.2, 0.25) is 0 Å². The highest BCUT2D eigenvalue weighted by atomic mass is 35.5. The summed E-state index contributed by atoms with van der Waals surface area (Å²) in [6, 6.07) is 6.13. The molecule has 7 heteroatoms. The minimum absolute atomic E-state index is 0.0235. The molecule has 0 amide bonds. The molecule has 0 spiro atoms. The first kappa shape index (κ1) is 13.4. The number of halogens is 2. The van der Waals surface area contributed by atoms with Crippen LogP contribution in [-0.2, 0) is 19.4 Å². The fourth-order valence-electron chi connectivity index (χ4n) is 1.45. The predicted molar refractivity (Wildman–Crippen MR) is 67.0 cm³/mol. The molecule has 0 N–H and O–H groups in total. The molecule has 0 unspecified atom stereocenters. The monoisotopic (exact) mass is 306 g/mol. The second-order valence-corrected chi connectivity index (χ2v) is 6.53. The molecule has 4 nitrogen and oxygen atoms in total. The van der Waals surface area contributed by atoms with Crippen LogP contribution in [-0.4, -0.2) is 19.8 Å². The molecular formula is C11H8Cl2O4S. The highest BCUT2D eigenvalue weighted by Crippen LogP contribution is 2.34. The van der Waals surface area contributed by atoms with Gasteiger partial charge in [-0.25, -0.2) is 13.2 Å². The fourth-order valence-corrected chi connectivity index (χ4v) is 3.50. The molecule has 1 heterocycles. The average Bonchev–Trinajstić information content (AvgIpc) is 2.58. The number of carbonyl (C=O) groups is 1. The summed E-state index contributed by atoms with van der Waals surface area (Å²) in [6.45, 7) is 1.83. The van der Waals surface area contributed by atoms with Gasteiger partial charge in [-0.15, -0.1) is 0 Å². The van der Waals surface area contributed by atoms with E-state index in [1.165, 1.54) is 12.1 Å². The topological polar surface area (TPSA) is 60.4 Å². The Bertz CT molecular complexity index is 632. The molecule has 0 aromatic heterocycles. The summed E-state index contributed by atoms with van der Waals surface area (Å²) in [7, 11) is -3.89. The van der Waals surface area contributed by atoms with Crippen molar-refractivity contribution in [2.24, 2.45) is 0 Å². The van der Waals surface area contributed by atoms with Gasteiger partial charge >= 0.3 is 5.97 Å². The van der Waals surface area contributed by atoms with Crippen LogP contribution in [0.4, 0.5) is 0 Å². The van der Waals surface area contributed by atoms with Crippen LogP contribution in [0.1, 0.15) is 5.56 Å². The van der Waals surface area contributed by atoms with E-state index in [1.807, 2.05) is 6.92 Å². The van der Waals surface area contributed by atoms with Gasteiger partial charge in [0.25, 0.3) is 0 Å². The van der Waals surface area contributed by atoms with E-state index in [4.69, 9.17) is 23.2 Å². The molecule has 1 aromatic carbocycles. The highest BCUT2D eigenvalue weighted by Gasteiger charge is 2.42. The van der Waals surface area contributed by atoms with Crippen LogP contribution in [0.5, 0.6) is 0 Å². The lowest BCUT2D eigenvalue weighted by molar-refractivity contribution is -0.136. The molecule has 0 aliphatic carbocycles. The van der Waals surface area contributed by atoms with Crippen LogP contribution < -0.4 is 0 Å². The van der Waals surface area contributed by atoms with Crippen LogP contribution >= 0.6 is 23.2 Å². The minimum Gasteiger partial charge on any atom is -0.435 e. The largest absolute Gasteiger partial charge is 0.435 e. The van der Waals surface area contributed by atoms with Crippen molar-refractivity contribution < 1.29 is 17.9 Å².